The van der Waals surface area contributed by atoms with Crippen LogP contribution in [-0.2, 0) is 6.42 Å². The molecule has 0 fully saturated rings. The van der Waals surface area contributed by atoms with Gasteiger partial charge in [-0.05, 0) is 59.2 Å². The predicted molar refractivity (Wildman–Crippen MR) is 97.5 cm³/mol. The van der Waals surface area contributed by atoms with E-state index in [0.29, 0.717) is 17.6 Å². The predicted octanol–water partition coefficient (Wildman–Crippen LogP) is 3.59. The van der Waals surface area contributed by atoms with Crippen molar-refractivity contribution in [3.63, 3.8) is 0 Å². The van der Waals surface area contributed by atoms with Gasteiger partial charge in [-0.15, -0.1) is 0 Å². The highest BCUT2D eigenvalue weighted by atomic mass is 127. The number of rotatable bonds is 4. The molecule has 21 heavy (non-hydrogen) atoms. The van der Waals surface area contributed by atoms with Crippen LogP contribution in [0.4, 0.5) is 11.5 Å². The third kappa shape index (κ3) is 3.84. The number of nitrogen functional groups attached to an aromatic ring is 1. The van der Waals surface area contributed by atoms with E-state index in [4.69, 9.17) is 10.7 Å². The summed E-state index contributed by atoms with van der Waals surface area (Å²) in [6.45, 7) is 4.36. The van der Waals surface area contributed by atoms with Crippen molar-refractivity contribution in [1.29, 1.82) is 0 Å². The van der Waals surface area contributed by atoms with E-state index in [2.05, 4.69) is 58.5 Å². The van der Waals surface area contributed by atoms with Gasteiger partial charge >= 0.3 is 0 Å². The van der Waals surface area contributed by atoms with E-state index in [9.17, 15) is 0 Å². The number of benzene rings is 1. The maximum Gasteiger partial charge on any atom is 0.161 e. The van der Waals surface area contributed by atoms with Crippen LogP contribution in [0.1, 0.15) is 19.5 Å². The maximum atomic E-state index is 6.05. The molecule has 0 bridgehead atoms. The molecule has 112 valence electrons. The van der Waals surface area contributed by atoms with Crippen LogP contribution in [0, 0.1) is 9.49 Å². The number of nitrogens with zero attached hydrogens (tertiary/aromatic N) is 3. The molecule has 2 N–H and O–H groups in total. The van der Waals surface area contributed by atoms with E-state index in [1.54, 1.807) is 0 Å². The van der Waals surface area contributed by atoms with Crippen LogP contribution in [-0.4, -0.2) is 24.1 Å². The van der Waals surface area contributed by atoms with Gasteiger partial charge in [0.25, 0.3) is 0 Å². The van der Waals surface area contributed by atoms with Crippen molar-refractivity contribution in [2.75, 3.05) is 24.7 Å². The number of anilines is 2. The van der Waals surface area contributed by atoms with Crippen LogP contribution >= 0.6 is 22.6 Å². The summed E-state index contributed by atoms with van der Waals surface area (Å²) in [5.74, 6) is 1.80. The van der Waals surface area contributed by atoms with Crippen molar-refractivity contribution in [3.8, 4) is 11.4 Å². The Morgan fingerprint density at radius 1 is 1.14 bits per heavy atom. The molecule has 4 nitrogen and oxygen atoms in total. The van der Waals surface area contributed by atoms with Crippen molar-refractivity contribution < 1.29 is 0 Å². The first-order valence-corrected chi connectivity index (χ1v) is 8.06. The first-order chi connectivity index (χ1) is 9.88. The highest BCUT2D eigenvalue weighted by molar-refractivity contribution is 14.1. The van der Waals surface area contributed by atoms with Gasteiger partial charge in [-0.25, -0.2) is 9.97 Å². The second-order valence-electron chi connectivity index (χ2n) is 5.73. The Morgan fingerprint density at radius 2 is 1.76 bits per heavy atom. The topological polar surface area (TPSA) is 55.0 Å². The molecule has 1 aromatic heterocycles. The number of aromatic nitrogens is 2. The monoisotopic (exact) mass is 396 g/mol. The summed E-state index contributed by atoms with van der Waals surface area (Å²) in [5.41, 5.74) is 9.22. The second-order valence-corrected chi connectivity index (χ2v) is 6.81. The molecule has 0 unspecified atom stereocenters. The molecule has 2 aromatic rings. The zero-order chi connectivity index (χ0) is 15.6. The largest absolute Gasteiger partial charge is 0.383 e. The molecular formula is C16H21IN4. The average Bonchev–Trinajstić information content (AvgIpc) is 2.43. The van der Waals surface area contributed by atoms with Gasteiger partial charge in [-0.2, -0.15) is 0 Å². The molecule has 1 heterocycles. The van der Waals surface area contributed by atoms with E-state index in [-0.39, 0.29) is 0 Å². The van der Waals surface area contributed by atoms with Gasteiger partial charge in [0.2, 0.25) is 0 Å². The molecule has 0 saturated heterocycles. The van der Waals surface area contributed by atoms with Crippen LogP contribution in [0.2, 0.25) is 0 Å². The molecule has 0 aliphatic heterocycles. The summed E-state index contributed by atoms with van der Waals surface area (Å²) in [4.78, 5) is 11.2. The minimum atomic E-state index is 0.539. The lowest BCUT2D eigenvalue weighted by atomic mass is 10.1. The van der Waals surface area contributed by atoms with Crippen molar-refractivity contribution in [2.24, 2.45) is 5.92 Å². The molecule has 0 saturated carbocycles. The molecule has 0 amide bonds. The van der Waals surface area contributed by atoms with Gasteiger partial charge in [0.05, 0.1) is 9.26 Å². The molecule has 5 heteroatoms. The van der Waals surface area contributed by atoms with Gasteiger partial charge in [-0.1, -0.05) is 13.8 Å². The van der Waals surface area contributed by atoms with Gasteiger partial charge in [0.1, 0.15) is 5.82 Å². The first-order valence-electron chi connectivity index (χ1n) is 6.98. The lowest BCUT2D eigenvalue weighted by molar-refractivity contribution is 0.632. The molecule has 0 aliphatic carbocycles. The van der Waals surface area contributed by atoms with E-state index in [1.807, 2.05) is 26.2 Å². The first kappa shape index (κ1) is 16.0. The maximum absolute atomic E-state index is 6.05. The SMILES string of the molecule is CC(C)Cc1nc(-c2ccc(N(C)C)cc2)nc(N)c1I. The summed E-state index contributed by atoms with van der Waals surface area (Å²) in [6, 6.07) is 8.20. The smallest absolute Gasteiger partial charge is 0.161 e. The quantitative estimate of drug-likeness (QED) is 0.803. The van der Waals surface area contributed by atoms with Crippen LogP contribution < -0.4 is 10.6 Å². The molecule has 1 aromatic carbocycles. The fraction of sp³-hybridized carbons (Fsp3) is 0.375. The van der Waals surface area contributed by atoms with E-state index >= 15 is 0 Å². The van der Waals surface area contributed by atoms with E-state index in [0.717, 1.165) is 26.9 Å². The minimum absolute atomic E-state index is 0.539. The normalized spacial score (nSPS) is 11.0. The lowest BCUT2D eigenvalue weighted by Crippen LogP contribution is -2.09. The third-order valence-corrected chi connectivity index (χ3v) is 4.36. The van der Waals surface area contributed by atoms with Crippen molar-refractivity contribution in [1.82, 2.24) is 9.97 Å². The summed E-state index contributed by atoms with van der Waals surface area (Å²) < 4.78 is 0.968. The van der Waals surface area contributed by atoms with Gasteiger partial charge in [-0.3, -0.25) is 0 Å². The summed E-state index contributed by atoms with van der Waals surface area (Å²) in [5, 5.41) is 0. The standard InChI is InChI=1S/C16H21IN4/c1-10(2)9-13-14(17)15(18)20-16(19-13)11-5-7-12(8-6-11)21(3)4/h5-8,10H,9H2,1-4H3,(H2,18,19,20). The van der Waals surface area contributed by atoms with Gasteiger partial charge in [0.15, 0.2) is 5.82 Å². The molecular weight excluding hydrogens is 375 g/mol. The molecule has 0 spiro atoms. The average molecular weight is 396 g/mol. The van der Waals surface area contributed by atoms with E-state index in [1.165, 1.54) is 0 Å². The van der Waals surface area contributed by atoms with Gasteiger partial charge < -0.3 is 10.6 Å². The van der Waals surface area contributed by atoms with Crippen LogP contribution in [0.3, 0.4) is 0 Å². The van der Waals surface area contributed by atoms with Crippen molar-refractivity contribution >= 4 is 34.1 Å². The Balaban J connectivity index is 2.41. The van der Waals surface area contributed by atoms with Crippen LogP contribution in [0.5, 0.6) is 0 Å². The number of nitrogens with two attached hydrogens (primary N) is 1. The molecule has 0 atom stereocenters. The Labute approximate surface area is 139 Å². The van der Waals surface area contributed by atoms with Crippen molar-refractivity contribution in [3.05, 3.63) is 33.5 Å². The fourth-order valence-electron chi connectivity index (χ4n) is 2.07. The lowest BCUT2D eigenvalue weighted by Gasteiger charge is -2.13. The van der Waals surface area contributed by atoms with E-state index < -0.39 is 0 Å². The molecule has 0 radical (unpaired) electrons. The van der Waals surface area contributed by atoms with Gasteiger partial charge in [0, 0.05) is 25.3 Å². The summed E-state index contributed by atoms with van der Waals surface area (Å²) in [6.07, 6.45) is 0.910. The second kappa shape index (κ2) is 6.60. The number of hydrogen-bond acceptors (Lipinski definition) is 4. The number of halogens is 1. The molecule has 0 aliphatic rings. The Bertz CT molecular complexity index is 621. The fourth-order valence-corrected chi connectivity index (χ4v) is 2.53. The summed E-state index contributed by atoms with van der Waals surface area (Å²) in [7, 11) is 4.05. The zero-order valence-electron chi connectivity index (χ0n) is 12.9. The number of hydrogen-bond donors (Lipinski definition) is 1. The minimum Gasteiger partial charge on any atom is -0.383 e. The molecule has 2 rings (SSSR count). The zero-order valence-corrected chi connectivity index (χ0v) is 15.0. The highest BCUT2D eigenvalue weighted by Gasteiger charge is 2.12. The highest BCUT2D eigenvalue weighted by Crippen LogP contribution is 2.25. The Hall–Kier alpha value is -1.37. The Kier molecular flexibility index (Phi) is 5.03. The van der Waals surface area contributed by atoms with Crippen LogP contribution in [0.15, 0.2) is 24.3 Å². The Morgan fingerprint density at radius 3 is 2.29 bits per heavy atom. The van der Waals surface area contributed by atoms with Crippen molar-refractivity contribution in [2.45, 2.75) is 20.3 Å². The summed E-state index contributed by atoms with van der Waals surface area (Å²) >= 11 is 2.23. The van der Waals surface area contributed by atoms with Crippen LogP contribution in [0.25, 0.3) is 11.4 Å². The third-order valence-electron chi connectivity index (χ3n) is 3.19.